The molecule has 0 bridgehead atoms. The van der Waals surface area contributed by atoms with Crippen LogP contribution in [0.5, 0.6) is 0 Å². The number of nitrogens with one attached hydrogen (secondary N) is 1. The molecule has 1 aliphatic heterocycles. The number of methoxy groups -OCH3 is 1. The van der Waals surface area contributed by atoms with Crippen molar-refractivity contribution in [1.82, 2.24) is 14.9 Å². The van der Waals surface area contributed by atoms with E-state index in [1.807, 2.05) is 36.5 Å². The molecule has 1 aliphatic rings. The highest BCUT2D eigenvalue weighted by molar-refractivity contribution is 7.80. The van der Waals surface area contributed by atoms with Gasteiger partial charge in [0.25, 0.3) is 0 Å². The topological polar surface area (TPSA) is 42.3 Å². The highest BCUT2D eigenvalue weighted by atomic mass is 32.1. The normalized spacial score (nSPS) is 18.9. The molecule has 1 saturated heterocycles. The Kier molecular flexibility index (Phi) is 5.60. The van der Waals surface area contributed by atoms with E-state index in [0.717, 1.165) is 23.6 Å². The number of hydrogen-bond acceptors (Lipinski definition) is 3. The van der Waals surface area contributed by atoms with E-state index in [1.165, 1.54) is 6.07 Å². The molecule has 2 aromatic heterocycles. The molecular weight excluding hydrogens is 387 g/mol. The molecule has 3 heterocycles. The van der Waals surface area contributed by atoms with Gasteiger partial charge in [-0.05, 0) is 67.2 Å². The first-order chi connectivity index (χ1) is 14.1. The summed E-state index contributed by atoms with van der Waals surface area (Å²) in [6.07, 6.45) is 3.82. The van der Waals surface area contributed by atoms with E-state index in [2.05, 4.69) is 25.8 Å². The lowest BCUT2D eigenvalue weighted by molar-refractivity contribution is 0.186. The molecule has 0 amide bonds. The summed E-state index contributed by atoms with van der Waals surface area (Å²) < 4.78 is 21.3. The maximum Gasteiger partial charge on any atom is 0.174 e. The molecule has 2 atom stereocenters. The molecule has 0 aliphatic carbocycles. The smallest absolute Gasteiger partial charge is 0.174 e. The molecule has 3 aromatic rings. The van der Waals surface area contributed by atoms with E-state index in [4.69, 9.17) is 17.0 Å². The van der Waals surface area contributed by atoms with Gasteiger partial charge in [0.15, 0.2) is 5.11 Å². The fraction of sp³-hybridized carbons (Fsp3) is 0.273. The lowest BCUT2D eigenvalue weighted by Gasteiger charge is -2.29. The number of aromatic nitrogens is 2. The number of aryl methyl sites for hydroxylation is 1. The molecule has 1 aromatic carbocycles. The molecule has 0 spiro atoms. The Morgan fingerprint density at radius 2 is 2.07 bits per heavy atom. The Morgan fingerprint density at radius 3 is 2.79 bits per heavy atom. The zero-order valence-electron chi connectivity index (χ0n) is 16.4. The van der Waals surface area contributed by atoms with E-state index < -0.39 is 0 Å². The van der Waals surface area contributed by atoms with E-state index in [0.29, 0.717) is 17.3 Å². The van der Waals surface area contributed by atoms with Crippen LogP contribution in [0.2, 0.25) is 0 Å². The number of nitrogens with zero attached hydrogens (tertiary/aromatic N) is 3. The monoisotopic (exact) mass is 410 g/mol. The first-order valence-corrected chi connectivity index (χ1v) is 9.91. The van der Waals surface area contributed by atoms with Gasteiger partial charge in [0.1, 0.15) is 11.9 Å². The predicted molar refractivity (Wildman–Crippen MR) is 115 cm³/mol. The van der Waals surface area contributed by atoms with E-state index >= 15 is 0 Å². The van der Waals surface area contributed by atoms with Gasteiger partial charge in [-0.25, -0.2) is 4.39 Å². The number of hydrogen-bond donors (Lipinski definition) is 1. The largest absolute Gasteiger partial charge is 0.383 e. The maximum absolute atomic E-state index is 13.9. The molecular formula is C22H23FN4OS. The molecule has 0 saturated carbocycles. The van der Waals surface area contributed by atoms with Crippen molar-refractivity contribution < 1.29 is 9.13 Å². The van der Waals surface area contributed by atoms with E-state index in [-0.39, 0.29) is 17.9 Å². The lowest BCUT2D eigenvalue weighted by Crippen LogP contribution is -2.30. The summed E-state index contributed by atoms with van der Waals surface area (Å²) in [5.74, 6) is -0.229. The van der Waals surface area contributed by atoms with Gasteiger partial charge in [0.05, 0.1) is 18.3 Å². The van der Waals surface area contributed by atoms with Crippen molar-refractivity contribution in [2.75, 3.05) is 18.6 Å². The highest BCUT2D eigenvalue weighted by Gasteiger charge is 2.42. The molecule has 150 valence electrons. The summed E-state index contributed by atoms with van der Waals surface area (Å²) in [7, 11) is 1.69. The van der Waals surface area contributed by atoms with E-state index in [9.17, 15) is 4.39 Å². The Morgan fingerprint density at radius 1 is 1.21 bits per heavy atom. The number of thiocarbonyl (C=S) groups is 1. The third-order valence-electron chi connectivity index (χ3n) is 5.22. The van der Waals surface area contributed by atoms with Crippen molar-refractivity contribution in [3.8, 4) is 0 Å². The van der Waals surface area contributed by atoms with Crippen LogP contribution in [-0.4, -0.2) is 28.4 Å². The van der Waals surface area contributed by atoms with Gasteiger partial charge in [-0.15, -0.1) is 0 Å². The van der Waals surface area contributed by atoms with Gasteiger partial charge in [0, 0.05) is 37.4 Å². The molecule has 4 rings (SSSR count). The number of benzene rings is 1. The predicted octanol–water partition coefficient (Wildman–Crippen LogP) is 4.15. The van der Waals surface area contributed by atoms with Crippen molar-refractivity contribution >= 4 is 23.0 Å². The molecule has 1 N–H and O–H groups in total. The zero-order chi connectivity index (χ0) is 20.4. The number of ether oxygens (including phenoxy) is 1. The van der Waals surface area contributed by atoms with Gasteiger partial charge >= 0.3 is 0 Å². The summed E-state index contributed by atoms with van der Waals surface area (Å²) in [5.41, 5.74) is 3.43. The van der Waals surface area contributed by atoms with Crippen LogP contribution < -0.4 is 10.2 Å². The quantitative estimate of drug-likeness (QED) is 0.619. The van der Waals surface area contributed by atoms with Crippen LogP contribution in [0.1, 0.15) is 29.0 Å². The zero-order valence-corrected chi connectivity index (χ0v) is 17.2. The maximum atomic E-state index is 13.9. The third-order valence-corrected chi connectivity index (χ3v) is 5.54. The van der Waals surface area contributed by atoms with Crippen LogP contribution in [0.25, 0.3) is 0 Å². The summed E-state index contributed by atoms with van der Waals surface area (Å²) in [6.45, 7) is 3.10. The van der Waals surface area contributed by atoms with Gasteiger partial charge in [0.2, 0.25) is 0 Å². The van der Waals surface area contributed by atoms with Crippen LogP contribution in [0, 0.1) is 12.7 Å². The highest BCUT2D eigenvalue weighted by Crippen LogP contribution is 2.41. The van der Waals surface area contributed by atoms with Gasteiger partial charge in [-0.2, -0.15) is 0 Å². The average molecular weight is 411 g/mol. The van der Waals surface area contributed by atoms with Crippen molar-refractivity contribution in [1.29, 1.82) is 0 Å². The van der Waals surface area contributed by atoms with Crippen LogP contribution in [0.3, 0.4) is 0 Å². The number of anilines is 1. The summed E-state index contributed by atoms with van der Waals surface area (Å²) in [6, 6.07) is 14.8. The molecule has 0 radical (unpaired) electrons. The van der Waals surface area contributed by atoms with Gasteiger partial charge in [-0.1, -0.05) is 6.07 Å². The molecule has 7 heteroatoms. The van der Waals surface area contributed by atoms with Crippen LogP contribution >= 0.6 is 12.2 Å². The van der Waals surface area contributed by atoms with Gasteiger partial charge in [-0.3, -0.25) is 4.98 Å². The van der Waals surface area contributed by atoms with Crippen LogP contribution in [0.4, 0.5) is 10.1 Å². The first-order valence-electron chi connectivity index (χ1n) is 9.51. The number of halogens is 1. The van der Waals surface area contributed by atoms with Crippen LogP contribution in [0.15, 0.2) is 60.9 Å². The Balaban J connectivity index is 1.82. The second-order valence-electron chi connectivity index (χ2n) is 7.05. The van der Waals surface area contributed by atoms with E-state index in [1.54, 1.807) is 26.3 Å². The first kappa shape index (κ1) is 19.5. The summed E-state index contributed by atoms with van der Waals surface area (Å²) in [4.78, 5) is 6.62. The molecule has 29 heavy (non-hydrogen) atoms. The fourth-order valence-corrected chi connectivity index (χ4v) is 4.15. The Labute approximate surface area is 175 Å². The standard InChI is InChI=1S/C22H23FN4OS/c1-15-14-16(8-9-17(15)23)27-21(19-7-5-11-26(19)12-13-28-2)20(25-22(27)29)18-6-3-4-10-24-18/h3-11,14,20-21H,12-13H2,1-2H3,(H,25,29)/t20-,21+/m1/s1. The molecule has 5 nitrogen and oxygen atoms in total. The lowest BCUT2D eigenvalue weighted by atomic mass is 10.0. The summed E-state index contributed by atoms with van der Waals surface area (Å²) in [5, 5.41) is 4.02. The van der Waals surface area contributed by atoms with Crippen molar-refractivity contribution in [2.45, 2.75) is 25.6 Å². The summed E-state index contributed by atoms with van der Waals surface area (Å²) >= 11 is 5.72. The van der Waals surface area contributed by atoms with Crippen molar-refractivity contribution in [3.05, 3.63) is 83.7 Å². The van der Waals surface area contributed by atoms with Gasteiger partial charge < -0.3 is 19.5 Å². The fourth-order valence-electron chi connectivity index (χ4n) is 3.80. The Hall–Kier alpha value is -2.77. The number of rotatable bonds is 6. The minimum Gasteiger partial charge on any atom is -0.383 e. The molecule has 0 unspecified atom stereocenters. The second kappa shape index (κ2) is 8.31. The minimum absolute atomic E-state index is 0.130. The second-order valence-corrected chi connectivity index (χ2v) is 7.44. The SMILES string of the molecule is COCCn1cccc1[C@H]1[C@@H](c2ccccn2)NC(=S)N1c1ccc(F)c(C)c1. The van der Waals surface area contributed by atoms with Crippen molar-refractivity contribution in [3.63, 3.8) is 0 Å². The van der Waals surface area contributed by atoms with Crippen LogP contribution in [-0.2, 0) is 11.3 Å². The third kappa shape index (κ3) is 3.75. The van der Waals surface area contributed by atoms with Crippen molar-refractivity contribution in [2.24, 2.45) is 0 Å². The number of pyridine rings is 1. The minimum atomic E-state index is -0.229. The molecule has 1 fully saturated rings. The average Bonchev–Trinajstić information content (AvgIpc) is 3.33. The Bertz CT molecular complexity index is 1010.